The number of thiophene rings is 2. The van der Waals surface area contributed by atoms with Crippen molar-refractivity contribution in [3.63, 3.8) is 0 Å². The Labute approximate surface area is 181 Å². The Morgan fingerprint density at radius 3 is 2.41 bits per heavy atom. The molecule has 0 aliphatic rings. The Hall–Kier alpha value is -2.75. The summed E-state index contributed by atoms with van der Waals surface area (Å²) < 4.78 is 4.87. The highest BCUT2D eigenvalue weighted by Gasteiger charge is 2.19. The molecule has 0 spiro atoms. The van der Waals surface area contributed by atoms with Crippen molar-refractivity contribution >= 4 is 56.9 Å². The van der Waals surface area contributed by atoms with E-state index in [1.807, 2.05) is 44.2 Å². The van der Waals surface area contributed by atoms with E-state index < -0.39 is 5.97 Å². The van der Waals surface area contributed by atoms with Gasteiger partial charge in [-0.05, 0) is 43.3 Å². The number of esters is 1. The molecule has 1 amide bonds. The average Bonchev–Trinajstić information content (AvgIpc) is 3.30. The highest BCUT2D eigenvalue weighted by molar-refractivity contribution is 7.80. The Bertz CT molecular complexity index is 1060. The molecule has 1 aromatic carbocycles. The molecule has 6 nitrogen and oxygen atoms in total. The lowest BCUT2D eigenvalue weighted by Gasteiger charge is -2.11. The molecule has 0 bridgehead atoms. The predicted octanol–water partition coefficient (Wildman–Crippen LogP) is 4.51. The van der Waals surface area contributed by atoms with Gasteiger partial charge in [-0.15, -0.1) is 22.7 Å². The maximum Gasteiger partial charge on any atom is 0.340 e. The van der Waals surface area contributed by atoms with Crippen LogP contribution in [-0.4, -0.2) is 24.1 Å². The molecule has 0 unspecified atom stereocenters. The molecule has 0 saturated heterocycles. The van der Waals surface area contributed by atoms with Crippen molar-refractivity contribution in [1.82, 2.24) is 10.9 Å². The smallest absolute Gasteiger partial charge is 0.340 e. The van der Waals surface area contributed by atoms with Gasteiger partial charge >= 0.3 is 5.97 Å². The van der Waals surface area contributed by atoms with E-state index in [1.54, 1.807) is 11.4 Å². The molecule has 3 aromatic rings. The van der Waals surface area contributed by atoms with Crippen LogP contribution < -0.4 is 16.2 Å². The van der Waals surface area contributed by atoms with Gasteiger partial charge in [0.05, 0.1) is 18.2 Å². The summed E-state index contributed by atoms with van der Waals surface area (Å²) in [5.74, 6) is -0.748. The minimum Gasteiger partial charge on any atom is -0.465 e. The predicted molar refractivity (Wildman–Crippen MR) is 122 cm³/mol. The summed E-state index contributed by atoms with van der Waals surface area (Å²) in [4.78, 5) is 26.5. The number of nitrogens with one attached hydrogen (secondary N) is 3. The van der Waals surface area contributed by atoms with Crippen LogP contribution in [0.4, 0.5) is 5.00 Å². The Balaban J connectivity index is 1.72. The Kier molecular flexibility index (Phi) is 6.63. The molecule has 9 heteroatoms. The second kappa shape index (κ2) is 9.17. The molecule has 3 N–H and O–H groups in total. The summed E-state index contributed by atoms with van der Waals surface area (Å²) in [5.41, 5.74) is 8.14. The first-order valence-corrected chi connectivity index (χ1v) is 10.7. The second-order valence-corrected chi connectivity index (χ2v) is 8.62. The number of hydrazine groups is 1. The first-order valence-electron chi connectivity index (χ1n) is 8.60. The summed E-state index contributed by atoms with van der Waals surface area (Å²) >= 11 is 8.16. The highest BCUT2D eigenvalue weighted by Crippen LogP contribution is 2.35. The highest BCUT2D eigenvalue weighted by atomic mass is 32.1. The third-order valence-corrected chi connectivity index (χ3v) is 6.56. The normalized spacial score (nSPS) is 10.3. The number of carbonyl (C=O) groups is 2. The van der Waals surface area contributed by atoms with Crippen molar-refractivity contribution in [1.29, 1.82) is 0 Å². The van der Waals surface area contributed by atoms with Crippen LogP contribution in [0.5, 0.6) is 0 Å². The second-order valence-electron chi connectivity index (χ2n) is 6.07. The first-order chi connectivity index (χ1) is 13.9. The van der Waals surface area contributed by atoms with E-state index >= 15 is 0 Å². The first kappa shape index (κ1) is 21.0. The SMILES string of the molecule is COC(=O)c1cc(-c2ccccc2)sc1NC(=S)NNC(=O)c1csc(C)c1C. The third-order valence-electron chi connectivity index (χ3n) is 4.24. The number of anilines is 1. The zero-order valence-electron chi connectivity index (χ0n) is 16.0. The van der Waals surface area contributed by atoms with Crippen LogP contribution in [0.2, 0.25) is 0 Å². The van der Waals surface area contributed by atoms with Crippen molar-refractivity contribution in [2.75, 3.05) is 12.4 Å². The number of ether oxygens (including phenoxy) is 1. The number of hydrogen-bond acceptors (Lipinski definition) is 6. The molecule has 29 heavy (non-hydrogen) atoms. The van der Waals surface area contributed by atoms with E-state index in [4.69, 9.17) is 17.0 Å². The molecule has 2 aromatic heterocycles. The number of carbonyl (C=O) groups excluding carboxylic acids is 2. The maximum absolute atomic E-state index is 12.3. The van der Waals surface area contributed by atoms with Crippen LogP contribution >= 0.6 is 34.9 Å². The van der Waals surface area contributed by atoms with Crippen molar-refractivity contribution in [3.8, 4) is 10.4 Å². The molecular weight excluding hydrogens is 426 g/mol. The minimum absolute atomic E-state index is 0.162. The summed E-state index contributed by atoms with van der Waals surface area (Å²) in [6.45, 7) is 3.86. The van der Waals surface area contributed by atoms with Crippen LogP contribution in [0.3, 0.4) is 0 Å². The maximum atomic E-state index is 12.3. The van der Waals surface area contributed by atoms with Gasteiger partial charge in [0.1, 0.15) is 5.00 Å². The van der Waals surface area contributed by atoms with Crippen LogP contribution in [0.1, 0.15) is 31.2 Å². The molecule has 2 heterocycles. The van der Waals surface area contributed by atoms with Gasteiger partial charge in [0.2, 0.25) is 0 Å². The van der Waals surface area contributed by atoms with Gasteiger partial charge in [-0.25, -0.2) is 4.79 Å². The molecule has 0 saturated carbocycles. The lowest BCUT2D eigenvalue weighted by molar-refractivity contribution is 0.0602. The van der Waals surface area contributed by atoms with Crippen LogP contribution in [0.25, 0.3) is 10.4 Å². The van der Waals surface area contributed by atoms with Crippen LogP contribution in [-0.2, 0) is 4.74 Å². The zero-order valence-corrected chi connectivity index (χ0v) is 18.4. The van der Waals surface area contributed by atoms with Gasteiger partial charge in [-0.3, -0.25) is 15.6 Å². The van der Waals surface area contributed by atoms with E-state index in [1.165, 1.54) is 29.8 Å². The number of benzene rings is 1. The molecular formula is C20H19N3O3S3. The van der Waals surface area contributed by atoms with E-state index in [2.05, 4.69) is 16.2 Å². The monoisotopic (exact) mass is 445 g/mol. The summed E-state index contributed by atoms with van der Waals surface area (Å²) in [6.07, 6.45) is 0. The average molecular weight is 446 g/mol. The van der Waals surface area contributed by atoms with Crippen molar-refractivity contribution in [2.45, 2.75) is 13.8 Å². The van der Waals surface area contributed by atoms with Gasteiger partial charge < -0.3 is 10.1 Å². The molecule has 0 atom stereocenters. The largest absolute Gasteiger partial charge is 0.465 e. The number of thiocarbonyl (C=S) groups is 1. The molecule has 0 aliphatic heterocycles. The molecule has 0 fully saturated rings. The van der Waals surface area contributed by atoms with Gasteiger partial charge in [0.15, 0.2) is 5.11 Å². The molecule has 0 radical (unpaired) electrons. The quantitative estimate of drug-likeness (QED) is 0.312. The van der Waals surface area contributed by atoms with E-state index in [-0.39, 0.29) is 11.0 Å². The lowest BCUT2D eigenvalue weighted by Crippen LogP contribution is -2.43. The van der Waals surface area contributed by atoms with Crippen molar-refractivity contribution in [3.05, 3.63) is 63.3 Å². The summed E-state index contributed by atoms with van der Waals surface area (Å²) in [7, 11) is 1.33. The van der Waals surface area contributed by atoms with E-state index in [9.17, 15) is 9.59 Å². The Morgan fingerprint density at radius 1 is 1.07 bits per heavy atom. The lowest BCUT2D eigenvalue weighted by atomic mass is 10.1. The fourth-order valence-electron chi connectivity index (χ4n) is 2.54. The van der Waals surface area contributed by atoms with Crippen LogP contribution in [0.15, 0.2) is 41.8 Å². The molecule has 150 valence electrons. The van der Waals surface area contributed by atoms with E-state index in [0.717, 1.165) is 20.9 Å². The van der Waals surface area contributed by atoms with Gasteiger partial charge in [-0.2, -0.15) is 0 Å². The van der Waals surface area contributed by atoms with E-state index in [0.29, 0.717) is 16.1 Å². The van der Waals surface area contributed by atoms with Crippen molar-refractivity contribution in [2.24, 2.45) is 0 Å². The molecule has 3 rings (SSSR count). The van der Waals surface area contributed by atoms with Gasteiger partial charge in [-0.1, -0.05) is 30.3 Å². The third kappa shape index (κ3) is 4.81. The zero-order chi connectivity index (χ0) is 21.0. The summed E-state index contributed by atoms with van der Waals surface area (Å²) in [5, 5.41) is 5.47. The summed E-state index contributed by atoms with van der Waals surface area (Å²) in [6, 6.07) is 11.5. The van der Waals surface area contributed by atoms with Crippen LogP contribution in [0, 0.1) is 13.8 Å². The number of amides is 1. The fraction of sp³-hybridized carbons (Fsp3) is 0.150. The number of rotatable bonds is 4. The standard InChI is InChI=1S/C20H19N3O3S3/c1-11-12(2)28-10-15(11)17(24)22-23-20(27)21-18-14(19(25)26-3)9-16(29-18)13-7-5-4-6-8-13/h4-10H,1-3H3,(H,22,24)(H2,21,23,27). The fourth-order valence-corrected chi connectivity index (χ4v) is 4.68. The number of aryl methyl sites for hydroxylation is 1. The number of hydrogen-bond donors (Lipinski definition) is 3. The topological polar surface area (TPSA) is 79.5 Å². The van der Waals surface area contributed by atoms with Crippen molar-refractivity contribution < 1.29 is 14.3 Å². The number of methoxy groups -OCH3 is 1. The minimum atomic E-state index is -0.470. The molecule has 0 aliphatic carbocycles. The van der Waals surface area contributed by atoms with Gasteiger partial charge in [0, 0.05) is 15.1 Å². The van der Waals surface area contributed by atoms with Gasteiger partial charge in [0.25, 0.3) is 5.91 Å². The Morgan fingerprint density at radius 2 is 1.79 bits per heavy atom.